The van der Waals surface area contributed by atoms with Crippen LogP contribution >= 0.6 is 0 Å². The summed E-state index contributed by atoms with van der Waals surface area (Å²) in [4.78, 5) is 29.0. The van der Waals surface area contributed by atoms with Crippen molar-refractivity contribution in [3.63, 3.8) is 0 Å². The minimum absolute atomic E-state index is 0.0226. The fraction of sp³-hybridized carbons (Fsp3) is 0.333. The number of nitrogens with zero attached hydrogens (tertiary/aromatic N) is 1. The second-order valence-electron chi connectivity index (χ2n) is 6.51. The molecule has 1 atom stereocenters. The van der Waals surface area contributed by atoms with Gasteiger partial charge in [-0.2, -0.15) is 0 Å². The Morgan fingerprint density at radius 2 is 1.78 bits per heavy atom. The van der Waals surface area contributed by atoms with Crippen LogP contribution in [-0.4, -0.2) is 35.4 Å². The van der Waals surface area contributed by atoms with Gasteiger partial charge in [0.1, 0.15) is 11.4 Å². The predicted molar refractivity (Wildman–Crippen MR) is 86.1 cm³/mol. The number of aromatic amines is 1. The van der Waals surface area contributed by atoms with Crippen molar-refractivity contribution >= 4 is 11.9 Å². The molecule has 2 aromatic rings. The fourth-order valence-corrected chi connectivity index (χ4v) is 3.29. The van der Waals surface area contributed by atoms with Gasteiger partial charge in [-0.15, -0.1) is 0 Å². The lowest BCUT2D eigenvalue weighted by Crippen LogP contribution is -2.57. The third kappa shape index (κ3) is 2.63. The van der Waals surface area contributed by atoms with Gasteiger partial charge < -0.3 is 14.6 Å². The average Bonchev–Trinajstić information content (AvgIpc) is 3.02. The molecule has 2 heterocycles. The molecule has 1 aliphatic heterocycles. The molecule has 0 saturated carbocycles. The van der Waals surface area contributed by atoms with Crippen LogP contribution in [0.5, 0.6) is 0 Å². The van der Waals surface area contributed by atoms with Gasteiger partial charge in [0, 0.05) is 12.0 Å². The van der Waals surface area contributed by atoms with Gasteiger partial charge >= 0.3 is 5.97 Å². The molecular weight excluding hydrogens is 292 g/mol. The zero-order valence-electron chi connectivity index (χ0n) is 13.5. The average molecular weight is 312 g/mol. The van der Waals surface area contributed by atoms with Gasteiger partial charge in [0.25, 0.3) is 5.91 Å². The van der Waals surface area contributed by atoms with E-state index in [0.717, 1.165) is 5.56 Å². The lowest BCUT2D eigenvalue weighted by molar-refractivity contribution is -0.0326. The van der Waals surface area contributed by atoms with Crippen LogP contribution in [0.4, 0.5) is 0 Å². The Balaban J connectivity index is 1.85. The number of benzene rings is 1. The summed E-state index contributed by atoms with van der Waals surface area (Å²) in [5.74, 6) is -0.582. The number of esters is 1. The van der Waals surface area contributed by atoms with Crippen molar-refractivity contribution in [2.75, 3.05) is 13.7 Å². The summed E-state index contributed by atoms with van der Waals surface area (Å²) in [5.41, 5.74) is 1.83. The van der Waals surface area contributed by atoms with Crippen LogP contribution in [0.2, 0.25) is 0 Å². The molecule has 1 unspecified atom stereocenters. The van der Waals surface area contributed by atoms with E-state index in [2.05, 4.69) is 23.6 Å². The fourth-order valence-electron chi connectivity index (χ4n) is 3.29. The number of hydrogen-bond donors (Lipinski definition) is 1. The monoisotopic (exact) mass is 312 g/mol. The number of aromatic nitrogens is 1. The number of rotatable bonds is 3. The van der Waals surface area contributed by atoms with Crippen molar-refractivity contribution in [3.05, 3.63) is 59.4 Å². The number of methoxy groups -OCH3 is 1. The highest BCUT2D eigenvalue weighted by atomic mass is 16.5. The molecule has 3 rings (SSSR count). The molecule has 1 aliphatic rings. The number of likely N-dealkylation sites (tertiary alicyclic amines) is 1. The summed E-state index contributed by atoms with van der Waals surface area (Å²) >= 11 is 0. The molecule has 5 heteroatoms. The molecule has 0 aliphatic carbocycles. The van der Waals surface area contributed by atoms with Crippen LogP contribution < -0.4 is 0 Å². The molecule has 0 spiro atoms. The van der Waals surface area contributed by atoms with Crippen LogP contribution in [0, 0.1) is 5.41 Å². The molecule has 1 aromatic heterocycles. The lowest BCUT2D eigenvalue weighted by atomic mass is 9.71. The highest BCUT2D eigenvalue weighted by Gasteiger charge is 2.49. The van der Waals surface area contributed by atoms with Gasteiger partial charge in [0.15, 0.2) is 0 Å². The predicted octanol–water partition coefficient (Wildman–Crippen LogP) is 3.02. The van der Waals surface area contributed by atoms with Gasteiger partial charge in [-0.25, -0.2) is 4.79 Å². The van der Waals surface area contributed by atoms with Crippen molar-refractivity contribution < 1.29 is 14.3 Å². The molecule has 1 aromatic carbocycles. The first-order valence-corrected chi connectivity index (χ1v) is 7.57. The van der Waals surface area contributed by atoms with E-state index in [0.29, 0.717) is 12.2 Å². The summed E-state index contributed by atoms with van der Waals surface area (Å²) in [6.07, 6.45) is 0. The van der Waals surface area contributed by atoms with E-state index in [1.54, 1.807) is 12.1 Å². The number of carbonyl (C=O) groups is 2. The largest absolute Gasteiger partial charge is 0.464 e. The molecule has 0 radical (unpaired) electrons. The smallest absolute Gasteiger partial charge is 0.354 e. The summed E-state index contributed by atoms with van der Waals surface area (Å²) in [7, 11) is 1.31. The van der Waals surface area contributed by atoms with E-state index in [1.807, 2.05) is 35.2 Å². The molecule has 1 amide bonds. The molecule has 0 bridgehead atoms. The molecule has 1 N–H and O–H groups in total. The zero-order chi connectivity index (χ0) is 16.6. The Hall–Kier alpha value is -2.56. The van der Waals surface area contributed by atoms with Crippen LogP contribution in [0.25, 0.3) is 0 Å². The third-order valence-electron chi connectivity index (χ3n) is 4.33. The Morgan fingerprint density at radius 1 is 1.13 bits per heavy atom. The second-order valence-corrected chi connectivity index (χ2v) is 6.51. The Labute approximate surface area is 135 Å². The van der Waals surface area contributed by atoms with E-state index in [4.69, 9.17) is 0 Å². The number of H-pyrrole nitrogens is 1. The Kier molecular flexibility index (Phi) is 3.72. The molecule has 5 nitrogen and oxygen atoms in total. The lowest BCUT2D eigenvalue weighted by Gasteiger charge is -2.54. The molecule has 23 heavy (non-hydrogen) atoms. The first-order valence-electron chi connectivity index (χ1n) is 7.57. The van der Waals surface area contributed by atoms with Crippen molar-refractivity contribution in [2.45, 2.75) is 19.9 Å². The molecular formula is C18H20N2O3. The maximum absolute atomic E-state index is 12.8. The summed E-state index contributed by atoms with van der Waals surface area (Å²) in [6, 6.07) is 13.2. The van der Waals surface area contributed by atoms with Crippen molar-refractivity contribution in [3.8, 4) is 0 Å². The van der Waals surface area contributed by atoms with Crippen molar-refractivity contribution in [1.82, 2.24) is 9.88 Å². The van der Waals surface area contributed by atoms with Crippen LogP contribution in [-0.2, 0) is 4.74 Å². The first kappa shape index (κ1) is 15.3. The Bertz CT molecular complexity index is 734. The maximum atomic E-state index is 12.8. The van der Waals surface area contributed by atoms with E-state index in [1.165, 1.54) is 7.11 Å². The zero-order valence-corrected chi connectivity index (χ0v) is 13.5. The highest BCUT2D eigenvalue weighted by Crippen LogP contribution is 2.48. The number of carbonyl (C=O) groups excluding carboxylic acids is 2. The van der Waals surface area contributed by atoms with Gasteiger partial charge in [-0.05, 0) is 17.7 Å². The number of nitrogens with one attached hydrogen (secondary N) is 1. The van der Waals surface area contributed by atoms with Crippen LogP contribution in [0.1, 0.15) is 46.4 Å². The minimum atomic E-state index is -0.479. The number of hydrogen-bond acceptors (Lipinski definition) is 3. The SMILES string of the molecule is COC(=O)c1ccc(C(=O)N2CC(C)(C)C2c2ccccc2)[nH]1. The number of amides is 1. The van der Waals surface area contributed by atoms with Crippen LogP contribution in [0.15, 0.2) is 42.5 Å². The summed E-state index contributed by atoms with van der Waals surface area (Å²) in [5, 5.41) is 0. The second kappa shape index (κ2) is 5.57. The maximum Gasteiger partial charge on any atom is 0.354 e. The van der Waals surface area contributed by atoms with Gasteiger partial charge in [0.05, 0.1) is 13.2 Å². The van der Waals surface area contributed by atoms with Crippen molar-refractivity contribution in [2.24, 2.45) is 5.41 Å². The van der Waals surface area contributed by atoms with E-state index in [9.17, 15) is 9.59 Å². The quantitative estimate of drug-likeness (QED) is 0.886. The van der Waals surface area contributed by atoms with Gasteiger partial charge in [-0.3, -0.25) is 4.79 Å². The molecule has 1 saturated heterocycles. The van der Waals surface area contributed by atoms with Gasteiger partial charge in [0.2, 0.25) is 0 Å². The standard InChI is InChI=1S/C18H20N2O3/c1-18(2)11-20(15(18)12-7-5-4-6-8-12)16(21)13-9-10-14(19-13)17(22)23-3/h4-10,15,19H,11H2,1-3H3. The summed E-state index contributed by atoms with van der Waals surface area (Å²) in [6.45, 7) is 4.99. The van der Waals surface area contributed by atoms with Crippen LogP contribution in [0.3, 0.4) is 0 Å². The minimum Gasteiger partial charge on any atom is -0.464 e. The third-order valence-corrected chi connectivity index (χ3v) is 4.33. The Morgan fingerprint density at radius 3 is 2.39 bits per heavy atom. The van der Waals surface area contributed by atoms with Crippen molar-refractivity contribution in [1.29, 1.82) is 0 Å². The van der Waals surface area contributed by atoms with E-state index >= 15 is 0 Å². The normalized spacial score (nSPS) is 19.1. The molecule has 1 fully saturated rings. The summed E-state index contributed by atoms with van der Waals surface area (Å²) < 4.78 is 4.66. The van der Waals surface area contributed by atoms with Gasteiger partial charge in [-0.1, -0.05) is 44.2 Å². The first-order chi connectivity index (χ1) is 10.9. The molecule has 120 valence electrons. The topological polar surface area (TPSA) is 62.4 Å². The van der Waals surface area contributed by atoms with E-state index < -0.39 is 5.97 Å². The van der Waals surface area contributed by atoms with E-state index in [-0.39, 0.29) is 23.1 Å². The highest BCUT2D eigenvalue weighted by molar-refractivity contribution is 5.96. The number of ether oxygens (including phenoxy) is 1.